The highest BCUT2D eigenvalue weighted by Crippen LogP contribution is 2.29. The van der Waals surface area contributed by atoms with E-state index in [9.17, 15) is 15.2 Å². The summed E-state index contributed by atoms with van der Waals surface area (Å²) < 4.78 is 5.27. The maximum atomic E-state index is 11.0. The number of nitrogens with one attached hydrogen (secondary N) is 1. The molecule has 0 unspecified atom stereocenters. The largest absolute Gasteiger partial charge is 0.508 e. The van der Waals surface area contributed by atoms with Crippen molar-refractivity contribution in [1.82, 2.24) is 0 Å². The molecule has 0 aromatic heterocycles. The Morgan fingerprint density at radius 2 is 2.05 bits per heavy atom. The molecule has 0 heterocycles. The number of ether oxygens (including phenoxy) is 1. The summed E-state index contributed by atoms with van der Waals surface area (Å²) in [4.78, 5) is 10.5. The molecule has 2 N–H and O–H groups in total. The number of nitrogens with zero attached hydrogens (tertiary/aromatic N) is 1. The predicted molar refractivity (Wildman–Crippen MR) is 79.8 cm³/mol. The van der Waals surface area contributed by atoms with Gasteiger partial charge in [-0.2, -0.15) is 0 Å². The first-order valence-corrected chi connectivity index (χ1v) is 6.36. The van der Waals surface area contributed by atoms with Crippen LogP contribution >= 0.6 is 0 Å². The molecule has 0 saturated carbocycles. The molecule has 0 spiro atoms. The second kappa shape index (κ2) is 6.13. The lowest BCUT2D eigenvalue weighted by atomic mass is 10.1. The van der Waals surface area contributed by atoms with Crippen molar-refractivity contribution < 1.29 is 14.8 Å². The fourth-order valence-electron chi connectivity index (χ4n) is 2.06. The number of anilines is 1. The Balaban J connectivity index is 2.24. The van der Waals surface area contributed by atoms with E-state index in [2.05, 4.69) is 5.32 Å². The Hall–Kier alpha value is -2.76. The van der Waals surface area contributed by atoms with E-state index < -0.39 is 4.92 Å². The Morgan fingerprint density at radius 1 is 1.29 bits per heavy atom. The van der Waals surface area contributed by atoms with Crippen LogP contribution in [0, 0.1) is 17.0 Å². The molecule has 21 heavy (non-hydrogen) atoms. The molecule has 0 fully saturated rings. The van der Waals surface area contributed by atoms with Crippen molar-refractivity contribution in [2.24, 2.45) is 0 Å². The van der Waals surface area contributed by atoms with Gasteiger partial charge in [0.15, 0.2) is 0 Å². The number of benzene rings is 2. The molecule has 2 aromatic carbocycles. The second-order valence-corrected chi connectivity index (χ2v) is 4.63. The highest BCUT2D eigenvalue weighted by atomic mass is 16.6. The van der Waals surface area contributed by atoms with Gasteiger partial charge in [0.25, 0.3) is 5.69 Å². The van der Waals surface area contributed by atoms with Gasteiger partial charge in [-0.3, -0.25) is 10.1 Å². The molecule has 0 aliphatic carbocycles. The summed E-state index contributed by atoms with van der Waals surface area (Å²) in [5.74, 6) is 0.579. The van der Waals surface area contributed by atoms with Crippen molar-refractivity contribution in [2.45, 2.75) is 13.5 Å². The Labute approximate surface area is 122 Å². The van der Waals surface area contributed by atoms with E-state index in [4.69, 9.17) is 4.74 Å². The minimum absolute atomic E-state index is 0.139. The fraction of sp³-hybridized carbons (Fsp3) is 0.200. The molecule has 6 heteroatoms. The molecule has 0 saturated heterocycles. The van der Waals surface area contributed by atoms with Crippen LogP contribution in [-0.4, -0.2) is 17.1 Å². The van der Waals surface area contributed by atoms with E-state index >= 15 is 0 Å². The molecule has 0 aliphatic heterocycles. The van der Waals surface area contributed by atoms with E-state index in [1.807, 2.05) is 25.1 Å². The lowest BCUT2D eigenvalue weighted by Crippen LogP contribution is -2.04. The first-order valence-electron chi connectivity index (χ1n) is 6.36. The number of hydrogen-bond donors (Lipinski definition) is 2. The Kier molecular flexibility index (Phi) is 4.27. The first kappa shape index (κ1) is 14.6. The number of rotatable bonds is 5. The van der Waals surface area contributed by atoms with Gasteiger partial charge in [0.05, 0.1) is 18.1 Å². The molecule has 0 atom stereocenters. The van der Waals surface area contributed by atoms with Gasteiger partial charge in [-0.25, -0.2) is 0 Å². The van der Waals surface area contributed by atoms with Crippen molar-refractivity contribution in [3.63, 3.8) is 0 Å². The van der Waals surface area contributed by atoms with E-state index in [0.717, 1.165) is 22.9 Å². The smallest absolute Gasteiger partial charge is 0.296 e. The number of nitro benzene ring substituents is 1. The van der Waals surface area contributed by atoms with Crippen molar-refractivity contribution in [3.8, 4) is 11.5 Å². The van der Waals surface area contributed by atoms with Gasteiger partial charge in [-0.05, 0) is 25.1 Å². The Bertz CT molecular complexity index is 671. The highest BCUT2D eigenvalue weighted by Gasteiger charge is 2.15. The number of hydrogen-bond acceptors (Lipinski definition) is 5. The summed E-state index contributed by atoms with van der Waals surface area (Å²) in [5, 5.41) is 23.3. The van der Waals surface area contributed by atoms with E-state index in [0.29, 0.717) is 12.2 Å². The zero-order chi connectivity index (χ0) is 15.4. The van der Waals surface area contributed by atoms with Crippen LogP contribution in [0.25, 0.3) is 0 Å². The van der Waals surface area contributed by atoms with Gasteiger partial charge < -0.3 is 15.2 Å². The monoisotopic (exact) mass is 288 g/mol. The van der Waals surface area contributed by atoms with Gasteiger partial charge in [0.1, 0.15) is 17.2 Å². The van der Waals surface area contributed by atoms with Crippen LogP contribution in [0.2, 0.25) is 0 Å². The quantitative estimate of drug-likeness (QED) is 0.501. The fourth-order valence-corrected chi connectivity index (χ4v) is 2.06. The maximum Gasteiger partial charge on any atom is 0.296 e. The van der Waals surface area contributed by atoms with Crippen molar-refractivity contribution in [2.75, 3.05) is 12.4 Å². The molecule has 110 valence electrons. The molecule has 2 aromatic rings. The summed E-state index contributed by atoms with van der Waals surface area (Å²) in [6, 6.07) is 9.76. The zero-order valence-electron chi connectivity index (χ0n) is 11.8. The summed E-state index contributed by atoms with van der Waals surface area (Å²) in [6.07, 6.45) is 0. The topological polar surface area (TPSA) is 84.6 Å². The molecule has 6 nitrogen and oxygen atoms in total. The number of methoxy groups -OCH3 is 1. The minimum atomic E-state index is -0.532. The van der Waals surface area contributed by atoms with Crippen molar-refractivity contribution in [1.29, 1.82) is 0 Å². The van der Waals surface area contributed by atoms with E-state index in [1.54, 1.807) is 7.11 Å². The van der Waals surface area contributed by atoms with Gasteiger partial charge in [-0.15, -0.1) is 0 Å². The SMILES string of the molecule is COc1ccc(C)cc1CNc1ccc(O)cc1[N+](=O)[O-]. The molecule has 0 aliphatic rings. The average Bonchev–Trinajstić information content (AvgIpc) is 2.46. The summed E-state index contributed by atoms with van der Waals surface area (Å²) >= 11 is 0. The molecule has 0 bridgehead atoms. The third kappa shape index (κ3) is 3.42. The number of aromatic hydroxyl groups is 1. The summed E-state index contributed by atoms with van der Waals surface area (Å²) in [7, 11) is 1.58. The van der Waals surface area contributed by atoms with Gasteiger partial charge in [0.2, 0.25) is 0 Å². The van der Waals surface area contributed by atoms with E-state index in [-0.39, 0.29) is 11.4 Å². The molecule has 0 radical (unpaired) electrons. The molecular formula is C15H16N2O4. The maximum absolute atomic E-state index is 11.0. The Morgan fingerprint density at radius 3 is 2.71 bits per heavy atom. The number of aryl methyl sites for hydroxylation is 1. The van der Waals surface area contributed by atoms with Gasteiger partial charge in [-0.1, -0.05) is 17.7 Å². The third-order valence-electron chi connectivity index (χ3n) is 3.08. The van der Waals surface area contributed by atoms with Crippen LogP contribution in [0.15, 0.2) is 36.4 Å². The van der Waals surface area contributed by atoms with Crippen LogP contribution in [0.4, 0.5) is 11.4 Å². The molecule has 0 amide bonds. The van der Waals surface area contributed by atoms with Crippen LogP contribution in [0.1, 0.15) is 11.1 Å². The van der Waals surface area contributed by atoms with Crippen LogP contribution in [0.5, 0.6) is 11.5 Å². The normalized spacial score (nSPS) is 10.2. The molecular weight excluding hydrogens is 272 g/mol. The van der Waals surface area contributed by atoms with Crippen LogP contribution in [-0.2, 0) is 6.54 Å². The third-order valence-corrected chi connectivity index (χ3v) is 3.08. The van der Waals surface area contributed by atoms with Crippen molar-refractivity contribution in [3.05, 3.63) is 57.6 Å². The van der Waals surface area contributed by atoms with Crippen LogP contribution < -0.4 is 10.1 Å². The lowest BCUT2D eigenvalue weighted by Gasteiger charge is -2.12. The number of phenolic OH excluding ortho intramolecular Hbond substituents is 1. The first-order chi connectivity index (χ1) is 10.0. The van der Waals surface area contributed by atoms with Gasteiger partial charge >= 0.3 is 0 Å². The predicted octanol–water partition coefficient (Wildman–Crippen LogP) is 3.23. The summed E-state index contributed by atoms with van der Waals surface area (Å²) in [5.41, 5.74) is 2.16. The van der Waals surface area contributed by atoms with Gasteiger partial charge in [0, 0.05) is 12.1 Å². The minimum Gasteiger partial charge on any atom is -0.508 e. The summed E-state index contributed by atoms with van der Waals surface area (Å²) in [6.45, 7) is 2.35. The van der Waals surface area contributed by atoms with Crippen LogP contribution in [0.3, 0.4) is 0 Å². The standard InChI is InChI=1S/C15H16N2O4/c1-10-3-6-15(21-2)11(7-10)9-16-13-5-4-12(18)8-14(13)17(19)20/h3-8,16,18H,9H2,1-2H3. The zero-order valence-corrected chi connectivity index (χ0v) is 11.8. The van der Waals surface area contributed by atoms with Crippen molar-refractivity contribution >= 4 is 11.4 Å². The van der Waals surface area contributed by atoms with E-state index in [1.165, 1.54) is 12.1 Å². The highest BCUT2D eigenvalue weighted by molar-refractivity contribution is 5.64. The lowest BCUT2D eigenvalue weighted by molar-refractivity contribution is -0.384. The number of nitro groups is 1. The second-order valence-electron chi connectivity index (χ2n) is 4.63. The molecule has 2 rings (SSSR count). The average molecular weight is 288 g/mol. The number of phenols is 1.